The van der Waals surface area contributed by atoms with Crippen molar-refractivity contribution in [2.24, 2.45) is 5.92 Å². The third-order valence-corrected chi connectivity index (χ3v) is 3.24. The molecule has 0 aliphatic heterocycles. The highest BCUT2D eigenvalue weighted by atomic mass is 16.5. The summed E-state index contributed by atoms with van der Waals surface area (Å²) < 4.78 is 5.61. The number of para-hydroxylation sites is 1. The highest BCUT2D eigenvalue weighted by molar-refractivity contribution is 5.83. The van der Waals surface area contributed by atoms with Crippen LogP contribution in [0.3, 0.4) is 0 Å². The third kappa shape index (κ3) is 6.61. The number of carboxylic acids is 1. The number of rotatable bonds is 9. The maximum Gasteiger partial charge on any atom is 0.326 e. The number of amides is 1. The van der Waals surface area contributed by atoms with E-state index >= 15 is 0 Å². The summed E-state index contributed by atoms with van der Waals surface area (Å²) in [4.78, 5) is 22.9. The first-order valence-electron chi connectivity index (χ1n) is 7.60. The van der Waals surface area contributed by atoms with Crippen LogP contribution in [0.4, 0.5) is 0 Å². The van der Waals surface area contributed by atoms with Gasteiger partial charge in [0, 0.05) is 6.42 Å². The number of carbonyl (C=O) groups excluding carboxylic acids is 1. The number of aryl methyl sites for hydroxylation is 1. The summed E-state index contributed by atoms with van der Waals surface area (Å²) in [5, 5.41) is 11.6. The molecule has 0 saturated carbocycles. The fourth-order valence-corrected chi connectivity index (χ4v) is 2.09. The number of carbonyl (C=O) groups is 2. The van der Waals surface area contributed by atoms with Crippen molar-refractivity contribution in [3.63, 3.8) is 0 Å². The van der Waals surface area contributed by atoms with E-state index in [0.717, 1.165) is 11.3 Å². The molecule has 1 aromatic carbocycles. The molecule has 0 unspecified atom stereocenters. The number of carboxylic acid groups (broad SMARTS) is 1. The molecule has 1 aromatic rings. The topological polar surface area (TPSA) is 75.6 Å². The quantitative estimate of drug-likeness (QED) is 0.688. The molecule has 122 valence electrons. The van der Waals surface area contributed by atoms with E-state index in [1.807, 2.05) is 45.0 Å². The second-order valence-electron chi connectivity index (χ2n) is 5.81. The maximum absolute atomic E-state index is 11.8. The van der Waals surface area contributed by atoms with E-state index in [-0.39, 0.29) is 18.2 Å². The van der Waals surface area contributed by atoms with Gasteiger partial charge in [-0.2, -0.15) is 0 Å². The zero-order valence-electron chi connectivity index (χ0n) is 13.5. The molecule has 0 radical (unpaired) electrons. The minimum absolute atomic E-state index is 0.214. The van der Waals surface area contributed by atoms with Crippen LogP contribution in [-0.4, -0.2) is 29.6 Å². The number of nitrogens with one attached hydrogen (secondary N) is 1. The van der Waals surface area contributed by atoms with Crippen LogP contribution < -0.4 is 10.1 Å². The molecule has 0 heterocycles. The fraction of sp³-hybridized carbons (Fsp3) is 0.529. The Kier molecular flexibility index (Phi) is 7.43. The van der Waals surface area contributed by atoms with Crippen LogP contribution in [-0.2, 0) is 9.59 Å². The predicted molar refractivity (Wildman–Crippen MR) is 84.9 cm³/mol. The lowest BCUT2D eigenvalue weighted by Crippen LogP contribution is -2.41. The van der Waals surface area contributed by atoms with E-state index in [1.165, 1.54) is 0 Å². The highest BCUT2D eigenvalue weighted by Gasteiger charge is 2.20. The minimum atomic E-state index is -0.988. The molecule has 5 heteroatoms. The average molecular weight is 307 g/mol. The molecule has 2 N–H and O–H groups in total. The standard InChI is InChI=1S/C17H25NO4/c1-12(2)11-14(17(20)21)18-16(19)9-6-10-22-15-8-5-4-7-13(15)3/h4-5,7-8,12,14H,6,9-11H2,1-3H3,(H,18,19)(H,20,21)/t14-/m1/s1. The summed E-state index contributed by atoms with van der Waals surface area (Å²) in [5.41, 5.74) is 1.05. The van der Waals surface area contributed by atoms with Crippen LogP contribution in [0.15, 0.2) is 24.3 Å². The molecule has 0 saturated heterocycles. The van der Waals surface area contributed by atoms with Crippen molar-refractivity contribution >= 4 is 11.9 Å². The predicted octanol–water partition coefficient (Wildman–Crippen LogP) is 2.77. The van der Waals surface area contributed by atoms with Crippen LogP contribution in [0.2, 0.25) is 0 Å². The van der Waals surface area contributed by atoms with Gasteiger partial charge < -0.3 is 15.2 Å². The second-order valence-corrected chi connectivity index (χ2v) is 5.81. The number of ether oxygens (including phenoxy) is 1. The number of hydrogen-bond acceptors (Lipinski definition) is 3. The van der Waals surface area contributed by atoms with E-state index in [9.17, 15) is 9.59 Å². The summed E-state index contributed by atoms with van der Waals surface area (Å²) in [5.74, 6) is -0.212. The first-order chi connectivity index (χ1) is 10.4. The van der Waals surface area contributed by atoms with Gasteiger partial charge >= 0.3 is 5.97 Å². The Bertz CT molecular complexity index is 499. The lowest BCUT2D eigenvalue weighted by atomic mass is 10.0. The second kappa shape index (κ2) is 9.07. The fourth-order valence-electron chi connectivity index (χ4n) is 2.09. The van der Waals surface area contributed by atoms with Crippen molar-refractivity contribution in [1.82, 2.24) is 5.32 Å². The lowest BCUT2D eigenvalue weighted by molar-refractivity contribution is -0.142. The molecule has 1 atom stereocenters. The Morgan fingerprint density at radius 1 is 1.27 bits per heavy atom. The highest BCUT2D eigenvalue weighted by Crippen LogP contribution is 2.16. The molecular weight excluding hydrogens is 282 g/mol. The number of aliphatic carboxylic acids is 1. The molecule has 1 amide bonds. The summed E-state index contributed by atoms with van der Waals surface area (Å²) in [6.07, 6.45) is 1.24. The monoisotopic (exact) mass is 307 g/mol. The van der Waals surface area contributed by atoms with Crippen molar-refractivity contribution in [2.75, 3.05) is 6.61 Å². The first kappa shape index (κ1) is 18.0. The number of hydrogen-bond donors (Lipinski definition) is 2. The van der Waals surface area contributed by atoms with Crippen LogP contribution in [0.1, 0.15) is 38.7 Å². The molecule has 0 aliphatic rings. The molecule has 0 fully saturated rings. The Morgan fingerprint density at radius 3 is 2.55 bits per heavy atom. The first-order valence-corrected chi connectivity index (χ1v) is 7.60. The van der Waals surface area contributed by atoms with Crippen molar-refractivity contribution in [3.8, 4) is 5.75 Å². The van der Waals surface area contributed by atoms with Crippen molar-refractivity contribution < 1.29 is 19.4 Å². The summed E-state index contributed by atoms with van der Waals surface area (Å²) in [6.45, 7) is 6.25. The SMILES string of the molecule is Cc1ccccc1OCCCC(=O)N[C@H](CC(C)C)C(=O)O. The lowest BCUT2D eigenvalue weighted by Gasteiger charge is -2.16. The maximum atomic E-state index is 11.8. The summed E-state index contributed by atoms with van der Waals surface area (Å²) in [6, 6.07) is 6.88. The molecule has 0 spiro atoms. The van der Waals surface area contributed by atoms with E-state index in [0.29, 0.717) is 19.4 Å². The van der Waals surface area contributed by atoms with E-state index in [2.05, 4.69) is 5.32 Å². The Morgan fingerprint density at radius 2 is 1.95 bits per heavy atom. The van der Waals surface area contributed by atoms with Gasteiger partial charge in [-0.3, -0.25) is 4.79 Å². The Hall–Kier alpha value is -2.04. The van der Waals surface area contributed by atoms with E-state index in [4.69, 9.17) is 9.84 Å². The smallest absolute Gasteiger partial charge is 0.326 e. The zero-order chi connectivity index (χ0) is 16.5. The van der Waals surface area contributed by atoms with Crippen LogP contribution in [0.5, 0.6) is 5.75 Å². The van der Waals surface area contributed by atoms with Crippen LogP contribution >= 0.6 is 0 Å². The van der Waals surface area contributed by atoms with Crippen molar-refractivity contribution in [2.45, 2.75) is 46.1 Å². The Labute approximate surface area is 131 Å². The van der Waals surface area contributed by atoms with Crippen LogP contribution in [0, 0.1) is 12.8 Å². The average Bonchev–Trinajstić information content (AvgIpc) is 2.44. The van der Waals surface area contributed by atoms with Gasteiger partial charge in [0.05, 0.1) is 6.61 Å². The van der Waals surface area contributed by atoms with E-state index < -0.39 is 12.0 Å². The van der Waals surface area contributed by atoms with Crippen molar-refractivity contribution in [1.29, 1.82) is 0 Å². The van der Waals surface area contributed by atoms with E-state index in [1.54, 1.807) is 0 Å². The van der Waals surface area contributed by atoms with Gasteiger partial charge in [0.2, 0.25) is 5.91 Å². The molecule has 0 aliphatic carbocycles. The molecule has 1 rings (SSSR count). The van der Waals surface area contributed by atoms with Gasteiger partial charge in [-0.15, -0.1) is 0 Å². The van der Waals surface area contributed by atoms with Crippen LogP contribution in [0.25, 0.3) is 0 Å². The zero-order valence-corrected chi connectivity index (χ0v) is 13.5. The largest absolute Gasteiger partial charge is 0.493 e. The van der Waals surface area contributed by atoms with Gasteiger partial charge in [-0.25, -0.2) is 4.79 Å². The van der Waals surface area contributed by atoms with Crippen molar-refractivity contribution in [3.05, 3.63) is 29.8 Å². The third-order valence-electron chi connectivity index (χ3n) is 3.24. The van der Waals surface area contributed by atoms with Gasteiger partial charge in [0.1, 0.15) is 11.8 Å². The Balaban J connectivity index is 2.30. The number of benzene rings is 1. The molecule has 22 heavy (non-hydrogen) atoms. The summed E-state index contributed by atoms with van der Waals surface area (Å²) in [7, 11) is 0. The molecular formula is C17H25NO4. The molecule has 0 aromatic heterocycles. The van der Waals surface area contributed by atoms with Gasteiger partial charge in [0.25, 0.3) is 0 Å². The molecule has 5 nitrogen and oxygen atoms in total. The van der Waals surface area contributed by atoms with Gasteiger partial charge in [-0.05, 0) is 37.3 Å². The molecule has 0 bridgehead atoms. The summed E-state index contributed by atoms with van der Waals surface area (Å²) >= 11 is 0. The minimum Gasteiger partial charge on any atom is -0.493 e. The van der Waals surface area contributed by atoms with Gasteiger partial charge in [0.15, 0.2) is 0 Å². The normalized spacial score (nSPS) is 12.0. The van der Waals surface area contributed by atoms with Gasteiger partial charge in [-0.1, -0.05) is 32.0 Å².